The van der Waals surface area contributed by atoms with Gasteiger partial charge in [-0.1, -0.05) is 0 Å². The van der Waals surface area contributed by atoms with Crippen LogP contribution in [0.15, 0.2) is 48.9 Å². The third-order valence-corrected chi connectivity index (χ3v) is 5.93. The van der Waals surface area contributed by atoms with Gasteiger partial charge in [0.15, 0.2) is 0 Å². The Balaban J connectivity index is 1.22. The molecule has 33 heavy (non-hydrogen) atoms. The predicted octanol–water partition coefficient (Wildman–Crippen LogP) is 4.63. The average molecular weight is 447 g/mol. The van der Waals surface area contributed by atoms with Crippen molar-refractivity contribution in [3.8, 4) is 28.7 Å². The van der Waals surface area contributed by atoms with Gasteiger partial charge in [-0.05, 0) is 61.9 Å². The number of carboxylic acid groups (broad SMARTS) is 1. The number of benzene rings is 1. The van der Waals surface area contributed by atoms with Crippen molar-refractivity contribution in [2.75, 3.05) is 0 Å². The van der Waals surface area contributed by atoms with Crippen LogP contribution in [0.4, 0.5) is 4.39 Å². The van der Waals surface area contributed by atoms with Gasteiger partial charge in [-0.2, -0.15) is 0 Å². The zero-order valence-electron chi connectivity index (χ0n) is 17.7. The number of H-pyrrole nitrogens is 1. The molecule has 0 bridgehead atoms. The molecule has 0 atom stereocenters. The third kappa shape index (κ3) is 4.82. The van der Waals surface area contributed by atoms with Crippen LogP contribution in [-0.2, 0) is 4.79 Å². The number of rotatable bonds is 6. The maximum absolute atomic E-state index is 13.4. The summed E-state index contributed by atoms with van der Waals surface area (Å²) in [5.41, 5.74) is 3.57. The first kappa shape index (κ1) is 21.0. The van der Waals surface area contributed by atoms with Crippen LogP contribution in [0.1, 0.15) is 32.1 Å². The highest BCUT2D eigenvalue weighted by molar-refractivity contribution is 5.79. The Kier molecular flexibility index (Phi) is 5.68. The fourth-order valence-corrected chi connectivity index (χ4v) is 4.18. The molecule has 3 heterocycles. The Morgan fingerprint density at radius 1 is 1.03 bits per heavy atom. The topological polar surface area (TPSA) is 114 Å². The molecular formula is C24H22FN5O3. The summed E-state index contributed by atoms with van der Waals surface area (Å²) in [5.74, 6) is -0.217. The predicted molar refractivity (Wildman–Crippen MR) is 119 cm³/mol. The number of nitrogens with one attached hydrogen (secondary N) is 1. The Morgan fingerprint density at radius 2 is 1.79 bits per heavy atom. The van der Waals surface area contributed by atoms with Gasteiger partial charge in [0.2, 0.25) is 0 Å². The first-order valence-corrected chi connectivity index (χ1v) is 10.9. The van der Waals surface area contributed by atoms with E-state index in [1.165, 1.54) is 12.1 Å². The van der Waals surface area contributed by atoms with E-state index in [-0.39, 0.29) is 24.3 Å². The molecule has 1 saturated carbocycles. The second kappa shape index (κ2) is 8.93. The number of hydrogen-bond acceptors (Lipinski definition) is 6. The summed E-state index contributed by atoms with van der Waals surface area (Å²) in [7, 11) is 0. The number of carboxylic acids is 1. The first-order valence-electron chi connectivity index (χ1n) is 10.9. The van der Waals surface area contributed by atoms with Crippen LogP contribution >= 0.6 is 0 Å². The summed E-state index contributed by atoms with van der Waals surface area (Å²) in [5, 5.41) is 8.93. The zero-order chi connectivity index (χ0) is 22.8. The standard InChI is InChI=1S/C24H22FN5O3/c25-17-4-8-20-21(10-17)30-23(29-20)15-3-7-19(26-11-15)16-12-27-24(28-13-16)33-18-5-1-14(2-6-18)9-22(31)32/h3-4,7-8,10-14,18H,1-2,5-6,9H2,(H,29,30)(H,31,32)/t14-,18+. The van der Waals surface area contributed by atoms with Crippen LogP contribution in [0.3, 0.4) is 0 Å². The number of halogens is 1. The van der Waals surface area contributed by atoms with Gasteiger partial charge in [0.05, 0.1) is 16.7 Å². The molecule has 0 aliphatic heterocycles. The highest BCUT2D eigenvalue weighted by Gasteiger charge is 2.24. The summed E-state index contributed by atoms with van der Waals surface area (Å²) >= 11 is 0. The fraction of sp³-hybridized carbons (Fsp3) is 0.292. The quantitative estimate of drug-likeness (QED) is 0.443. The molecule has 9 heteroatoms. The summed E-state index contributed by atoms with van der Waals surface area (Å²) in [6.45, 7) is 0. The van der Waals surface area contributed by atoms with Gasteiger partial charge in [-0.15, -0.1) is 0 Å². The lowest BCUT2D eigenvalue weighted by Crippen LogP contribution is -2.25. The molecule has 8 nitrogen and oxygen atoms in total. The molecule has 4 aromatic rings. The number of ether oxygens (including phenoxy) is 1. The van der Waals surface area contributed by atoms with E-state index in [9.17, 15) is 9.18 Å². The molecule has 0 amide bonds. The van der Waals surface area contributed by atoms with Gasteiger partial charge in [-0.3, -0.25) is 9.78 Å². The second-order valence-electron chi connectivity index (χ2n) is 8.29. The summed E-state index contributed by atoms with van der Waals surface area (Å²) < 4.78 is 19.3. The van der Waals surface area contributed by atoms with E-state index < -0.39 is 5.97 Å². The van der Waals surface area contributed by atoms with Crippen molar-refractivity contribution in [3.05, 3.63) is 54.7 Å². The van der Waals surface area contributed by atoms with Crippen molar-refractivity contribution in [1.82, 2.24) is 24.9 Å². The molecule has 0 spiro atoms. The van der Waals surface area contributed by atoms with Crippen LogP contribution in [0, 0.1) is 11.7 Å². The summed E-state index contributed by atoms with van der Waals surface area (Å²) in [6, 6.07) is 8.48. The van der Waals surface area contributed by atoms with E-state index in [2.05, 4.69) is 24.9 Å². The lowest BCUT2D eigenvalue weighted by atomic mass is 9.85. The van der Waals surface area contributed by atoms with E-state index in [1.54, 1.807) is 24.7 Å². The number of aliphatic carboxylic acids is 1. The van der Waals surface area contributed by atoms with Gasteiger partial charge in [0.25, 0.3) is 0 Å². The van der Waals surface area contributed by atoms with Crippen LogP contribution in [0.25, 0.3) is 33.7 Å². The lowest BCUT2D eigenvalue weighted by molar-refractivity contribution is -0.138. The van der Waals surface area contributed by atoms with Gasteiger partial charge in [-0.25, -0.2) is 19.3 Å². The summed E-state index contributed by atoms with van der Waals surface area (Å²) in [4.78, 5) is 31.6. The van der Waals surface area contributed by atoms with Crippen molar-refractivity contribution >= 4 is 17.0 Å². The van der Waals surface area contributed by atoms with Gasteiger partial charge < -0.3 is 14.8 Å². The molecule has 2 N–H and O–H groups in total. The number of fused-ring (bicyclic) bond motifs is 1. The van der Waals surface area contributed by atoms with Gasteiger partial charge in [0, 0.05) is 36.1 Å². The first-order chi connectivity index (χ1) is 16.0. The molecular weight excluding hydrogens is 425 g/mol. The van der Waals surface area contributed by atoms with Crippen LogP contribution in [0.5, 0.6) is 6.01 Å². The average Bonchev–Trinajstić information content (AvgIpc) is 3.24. The van der Waals surface area contributed by atoms with E-state index in [4.69, 9.17) is 9.84 Å². The molecule has 168 valence electrons. The number of pyridine rings is 1. The minimum atomic E-state index is -0.743. The smallest absolute Gasteiger partial charge is 0.316 e. The molecule has 1 aromatic carbocycles. The van der Waals surface area contributed by atoms with Crippen molar-refractivity contribution in [2.45, 2.75) is 38.2 Å². The van der Waals surface area contributed by atoms with Crippen molar-refractivity contribution in [1.29, 1.82) is 0 Å². The number of nitrogens with zero attached hydrogens (tertiary/aromatic N) is 4. The minimum Gasteiger partial charge on any atom is -0.481 e. The molecule has 1 aliphatic carbocycles. The molecule has 0 radical (unpaired) electrons. The van der Waals surface area contributed by atoms with Crippen molar-refractivity contribution in [2.24, 2.45) is 5.92 Å². The Bertz CT molecular complexity index is 1270. The van der Waals surface area contributed by atoms with Crippen molar-refractivity contribution < 1.29 is 19.0 Å². The Labute approximate surface area is 188 Å². The SMILES string of the molecule is O=C(O)C[C@H]1CC[C@@H](Oc2ncc(-c3ccc(-c4nc5ccc(F)cc5[nH]4)cn3)cn2)CC1. The van der Waals surface area contributed by atoms with Gasteiger partial charge in [0.1, 0.15) is 17.7 Å². The maximum atomic E-state index is 13.4. The fourth-order valence-electron chi connectivity index (χ4n) is 4.18. The third-order valence-electron chi connectivity index (χ3n) is 5.93. The Morgan fingerprint density at radius 3 is 2.48 bits per heavy atom. The minimum absolute atomic E-state index is 0.00980. The van der Waals surface area contributed by atoms with Crippen LogP contribution in [-0.4, -0.2) is 42.1 Å². The molecule has 1 fully saturated rings. The summed E-state index contributed by atoms with van der Waals surface area (Å²) in [6.07, 6.45) is 8.56. The highest BCUT2D eigenvalue weighted by Crippen LogP contribution is 2.29. The van der Waals surface area contributed by atoms with Crippen LogP contribution < -0.4 is 4.74 Å². The molecule has 0 saturated heterocycles. The number of imidazole rings is 1. The largest absolute Gasteiger partial charge is 0.481 e. The number of aromatic nitrogens is 5. The van der Waals surface area contributed by atoms with Crippen molar-refractivity contribution in [3.63, 3.8) is 0 Å². The highest BCUT2D eigenvalue weighted by atomic mass is 19.1. The molecule has 0 unspecified atom stereocenters. The molecule has 5 rings (SSSR count). The number of carbonyl (C=O) groups is 1. The lowest BCUT2D eigenvalue weighted by Gasteiger charge is -2.27. The number of hydrogen-bond donors (Lipinski definition) is 2. The molecule has 1 aliphatic rings. The zero-order valence-corrected chi connectivity index (χ0v) is 17.7. The molecule has 3 aromatic heterocycles. The second-order valence-corrected chi connectivity index (χ2v) is 8.29. The monoisotopic (exact) mass is 447 g/mol. The maximum Gasteiger partial charge on any atom is 0.316 e. The van der Waals surface area contributed by atoms with Crippen LogP contribution in [0.2, 0.25) is 0 Å². The van der Waals surface area contributed by atoms with E-state index in [1.807, 2.05) is 12.1 Å². The van der Waals surface area contributed by atoms with E-state index in [0.29, 0.717) is 28.6 Å². The van der Waals surface area contributed by atoms with E-state index >= 15 is 0 Å². The number of aromatic amines is 1. The van der Waals surface area contributed by atoms with Gasteiger partial charge >= 0.3 is 12.0 Å². The Hall–Kier alpha value is -3.88. The normalized spacial score (nSPS) is 18.3. The van der Waals surface area contributed by atoms with E-state index in [0.717, 1.165) is 36.8 Å².